The Morgan fingerprint density at radius 1 is 1.23 bits per heavy atom. The fourth-order valence-electron chi connectivity index (χ4n) is 2.31. The molecule has 0 amide bonds. The van der Waals surface area contributed by atoms with Gasteiger partial charge in [0.2, 0.25) is 0 Å². The van der Waals surface area contributed by atoms with Crippen LogP contribution >= 0.6 is 0 Å². The van der Waals surface area contributed by atoms with E-state index in [1.807, 2.05) is 6.08 Å². The maximum absolute atomic E-state index is 3.82. The molecule has 0 spiro atoms. The van der Waals surface area contributed by atoms with Gasteiger partial charge in [0.05, 0.1) is 0 Å². The molecule has 1 rings (SSSR count). The van der Waals surface area contributed by atoms with Crippen LogP contribution in [0.4, 0.5) is 0 Å². The molecule has 1 N–H and O–H groups in total. The Hall–Kier alpha value is -0.340. The Morgan fingerprint density at radius 3 is 2.08 bits per heavy atom. The average molecular weight is 182 g/mol. The molecule has 0 bridgehead atoms. The lowest BCUT2D eigenvalue weighted by Gasteiger charge is -2.52. The number of nitrogens with zero attached hydrogens (tertiary/aromatic N) is 1. The maximum Gasteiger partial charge on any atom is 0.0286 e. The third-order valence-electron chi connectivity index (χ3n) is 2.89. The largest absolute Gasteiger partial charge is 0.313 e. The molecule has 1 aliphatic heterocycles. The summed E-state index contributed by atoms with van der Waals surface area (Å²) >= 11 is 0. The minimum absolute atomic E-state index is 0.232. The van der Waals surface area contributed by atoms with Crippen molar-refractivity contribution in [2.45, 2.75) is 38.8 Å². The van der Waals surface area contributed by atoms with Crippen molar-refractivity contribution in [1.82, 2.24) is 10.2 Å². The zero-order valence-electron chi connectivity index (χ0n) is 9.35. The Balaban J connectivity index is 2.83. The van der Waals surface area contributed by atoms with Crippen LogP contribution in [0.1, 0.15) is 27.7 Å². The fourth-order valence-corrected chi connectivity index (χ4v) is 2.31. The maximum atomic E-state index is 3.82. The Kier molecular flexibility index (Phi) is 2.83. The first-order chi connectivity index (χ1) is 5.90. The van der Waals surface area contributed by atoms with Gasteiger partial charge < -0.3 is 5.32 Å². The van der Waals surface area contributed by atoms with Gasteiger partial charge in [0, 0.05) is 30.7 Å². The van der Waals surface area contributed by atoms with Gasteiger partial charge in [0.15, 0.2) is 0 Å². The lowest BCUT2D eigenvalue weighted by molar-refractivity contribution is -0.00200. The number of hydrogen-bond donors (Lipinski definition) is 1. The Morgan fingerprint density at radius 2 is 1.69 bits per heavy atom. The van der Waals surface area contributed by atoms with Gasteiger partial charge in [-0.3, -0.25) is 4.90 Å². The van der Waals surface area contributed by atoms with Gasteiger partial charge >= 0.3 is 0 Å². The van der Waals surface area contributed by atoms with Crippen LogP contribution in [-0.2, 0) is 0 Å². The minimum atomic E-state index is 0.232. The summed E-state index contributed by atoms with van der Waals surface area (Å²) in [6.07, 6.45) is 1.99. The molecule has 2 heteroatoms. The van der Waals surface area contributed by atoms with E-state index in [0.29, 0.717) is 0 Å². The highest BCUT2D eigenvalue weighted by Crippen LogP contribution is 2.27. The summed E-state index contributed by atoms with van der Waals surface area (Å²) in [6, 6.07) is 0. The molecule has 1 saturated heterocycles. The standard InChI is InChI=1S/C11H22N2/c1-6-7-13-10(2,3)8-12-9-11(13,4)5/h6,12H,1,7-9H2,2-5H3. The van der Waals surface area contributed by atoms with Gasteiger partial charge in [-0.15, -0.1) is 6.58 Å². The second kappa shape index (κ2) is 3.43. The van der Waals surface area contributed by atoms with Crippen molar-refractivity contribution in [3.8, 4) is 0 Å². The summed E-state index contributed by atoms with van der Waals surface area (Å²) in [5.41, 5.74) is 0.464. The molecular formula is C11H22N2. The average Bonchev–Trinajstić information content (AvgIpc) is 1.96. The van der Waals surface area contributed by atoms with Gasteiger partial charge in [-0.2, -0.15) is 0 Å². The quantitative estimate of drug-likeness (QED) is 0.653. The zero-order valence-corrected chi connectivity index (χ0v) is 9.35. The number of hydrogen-bond acceptors (Lipinski definition) is 2. The summed E-state index contributed by atoms with van der Waals surface area (Å²) in [7, 11) is 0. The van der Waals surface area contributed by atoms with Crippen molar-refractivity contribution in [2.24, 2.45) is 0 Å². The van der Waals surface area contributed by atoms with E-state index in [2.05, 4.69) is 44.5 Å². The highest BCUT2D eigenvalue weighted by Gasteiger charge is 2.40. The highest BCUT2D eigenvalue weighted by molar-refractivity contribution is 5.01. The van der Waals surface area contributed by atoms with E-state index < -0.39 is 0 Å². The molecule has 76 valence electrons. The SMILES string of the molecule is C=CCN1C(C)(C)CNCC1(C)C. The van der Waals surface area contributed by atoms with E-state index in [-0.39, 0.29) is 11.1 Å². The van der Waals surface area contributed by atoms with Crippen molar-refractivity contribution >= 4 is 0 Å². The number of piperazine rings is 1. The third-order valence-corrected chi connectivity index (χ3v) is 2.89. The second-order valence-electron chi connectivity index (χ2n) is 5.13. The predicted octanol–water partition coefficient (Wildman–Crippen LogP) is 1.63. The summed E-state index contributed by atoms with van der Waals surface area (Å²) < 4.78 is 0. The molecule has 0 aromatic rings. The van der Waals surface area contributed by atoms with Crippen LogP contribution < -0.4 is 5.32 Å². The lowest BCUT2D eigenvalue weighted by Crippen LogP contribution is -2.67. The van der Waals surface area contributed by atoms with E-state index in [1.54, 1.807) is 0 Å². The van der Waals surface area contributed by atoms with Crippen molar-refractivity contribution in [3.63, 3.8) is 0 Å². The predicted molar refractivity (Wildman–Crippen MR) is 57.9 cm³/mol. The smallest absolute Gasteiger partial charge is 0.0286 e. The molecule has 0 aliphatic carbocycles. The fraction of sp³-hybridized carbons (Fsp3) is 0.818. The Bertz CT molecular complexity index is 178. The minimum Gasteiger partial charge on any atom is -0.313 e. The molecule has 0 aromatic carbocycles. The molecule has 0 atom stereocenters. The van der Waals surface area contributed by atoms with Crippen molar-refractivity contribution in [3.05, 3.63) is 12.7 Å². The molecule has 2 nitrogen and oxygen atoms in total. The van der Waals surface area contributed by atoms with Crippen LogP contribution in [0, 0.1) is 0 Å². The van der Waals surface area contributed by atoms with Gasteiger partial charge in [0.1, 0.15) is 0 Å². The van der Waals surface area contributed by atoms with Crippen LogP contribution in [0.3, 0.4) is 0 Å². The molecule has 0 radical (unpaired) electrons. The van der Waals surface area contributed by atoms with Gasteiger partial charge in [0.25, 0.3) is 0 Å². The van der Waals surface area contributed by atoms with Gasteiger partial charge in [-0.25, -0.2) is 0 Å². The number of rotatable bonds is 2. The Labute approximate surface area is 82.0 Å². The summed E-state index contributed by atoms with van der Waals surface area (Å²) in [5, 5.41) is 3.48. The van der Waals surface area contributed by atoms with Gasteiger partial charge in [-0.05, 0) is 27.7 Å². The van der Waals surface area contributed by atoms with Crippen LogP contribution in [0.2, 0.25) is 0 Å². The topological polar surface area (TPSA) is 15.3 Å². The zero-order chi connectivity index (χ0) is 10.1. The molecule has 1 heterocycles. The van der Waals surface area contributed by atoms with Crippen LogP contribution in [-0.4, -0.2) is 35.6 Å². The molecular weight excluding hydrogens is 160 g/mol. The van der Waals surface area contributed by atoms with Crippen molar-refractivity contribution < 1.29 is 0 Å². The van der Waals surface area contributed by atoms with E-state index in [4.69, 9.17) is 0 Å². The van der Waals surface area contributed by atoms with Gasteiger partial charge in [-0.1, -0.05) is 6.08 Å². The van der Waals surface area contributed by atoms with Crippen LogP contribution in [0.25, 0.3) is 0 Å². The summed E-state index contributed by atoms with van der Waals surface area (Å²) in [5.74, 6) is 0. The first-order valence-corrected chi connectivity index (χ1v) is 4.99. The van der Waals surface area contributed by atoms with Crippen molar-refractivity contribution in [1.29, 1.82) is 0 Å². The molecule has 0 aromatic heterocycles. The van der Waals surface area contributed by atoms with E-state index >= 15 is 0 Å². The second-order valence-corrected chi connectivity index (χ2v) is 5.13. The van der Waals surface area contributed by atoms with Crippen molar-refractivity contribution in [2.75, 3.05) is 19.6 Å². The number of nitrogens with one attached hydrogen (secondary N) is 1. The van der Waals surface area contributed by atoms with Crippen LogP contribution in [0.15, 0.2) is 12.7 Å². The molecule has 0 saturated carbocycles. The van der Waals surface area contributed by atoms with Crippen LogP contribution in [0.5, 0.6) is 0 Å². The molecule has 1 aliphatic rings. The monoisotopic (exact) mass is 182 g/mol. The highest BCUT2D eigenvalue weighted by atomic mass is 15.3. The van der Waals surface area contributed by atoms with E-state index in [1.165, 1.54) is 0 Å². The molecule has 13 heavy (non-hydrogen) atoms. The van der Waals surface area contributed by atoms with E-state index in [9.17, 15) is 0 Å². The molecule has 0 unspecified atom stereocenters. The molecule has 1 fully saturated rings. The third kappa shape index (κ3) is 2.12. The summed E-state index contributed by atoms with van der Waals surface area (Å²) in [4.78, 5) is 2.52. The first kappa shape index (κ1) is 10.7. The first-order valence-electron chi connectivity index (χ1n) is 4.99. The lowest BCUT2D eigenvalue weighted by atomic mass is 9.89. The van der Waals surface area contributed by atoms with E-state index in [0.717, 1.165) is 19.6 Å². The summed E-state index contributed by atoms with van der Waals surface area (Å²) in [6.45, 7) is 16.0. The normalized spacial score (nSPS) is 27.1.